The van der Waals surface area contributed by atoms with Crippen molar-refractivity contribution >= 4 is 0 Å². The minimum Gasteiger partial charge on any atom is -0.396 e. The summed E-state index contributed by atoms with van der Waals surface area (Å²) in [5.74, 6) is -1.53. The summed E-state index contributed by atoms with van der Waals surface area (Å²) in [7, 11) is 0. The van der Waals surface area contributed by atoms with E-state index in [1.54, 1.807) is 0 Å². The predicted octanol–water partition coefficient (Wildman–Crippen LogP) is 13.2. The third kappa shape index (κ3) is 7.64. The molecule has 6 nitrogen and oxygen atoms in total. The Bertz CT molecular complexity index is 2530. The van der Waals surface area contributed by atoms with Crippen molar-refractivity contribution in [2.24, 2.45) is 16.2 Å². The third-order valence-electron chi connectivity index (χ3n) is 15.9. The largest absolute Gasteiger partial charge is 0.396 e. The number of hydrogen-bond donors (Lipinski definition) is 2. The van der Waals surface area contributed by atoms with Gasteiger partial charge in [-0.05, 0) is 123 Å². The minimum absolute atomic E-state index is 0.103. The first-order chi connectivity index (χ1) is 30.7. The zero-order valence-electron chi connectivity index (χ0n) is 45.0. The molecule has 8 rings (SSSR count). The molecule has 3 heterocycles. The molecular weight excluding hydrogens is 829 g/mol. The van der Waals surface area contributed by atoms with E-state index in [1.165, 1.54) is 55.6 Å². The van der Waals surface area contributed by atoms with E-state index in [0.717, 1.165) is 39.8 Å². The van der Waals surface area contributed by atoms with Gasteiger partial charge in [-0.15, -0.1) is 0 Å². The highest BCUT2D eigenvalue weighted by Crippen LogP contribution is 2.72. The fourth-order valence-electron chi connectivity index (χ4n) is 12.5. The molecule has 2 spiro atoms. The van der Waals surface area contributed by atoms with Crippen LogP contribution in [0.2, 0.25) is 0 Å². The Morgan fingerprint density at radius 3 is 1.27 bits per heavy atom. The van der Waals surface area contributed by atoms with Gasteiger partial charge in [0, 0.05) is 16.4 Å². The van der Waals surface area contributed by atoms with Crippen LogP contribution in [-0.4, -0.2) is 42.9 Å². The van der Waals surface area contributed by atoms with Gasteiger partial charge in [0.15, 0.2) is 6.29 Å². The van der Waals surface area contributed by atoms with E-state index in [1.807, 2.05) is 13.8 Å². The molecule has 2 bridgehead atoms. The van der Waals surface area contributed by atoms with Crippen LogP contribution in [0.3, 0.4) is 0 Å². The number of benzene rings is 4. The topological polar surface area (TPSA) is 77.4 Å². The molecule has 364 valence electrons. The Kier molecular flexibility index (Phi) is 11.8. The van der Waals surface area contributed by atoms with Crippen LogP contribution < -0.4 is 0 Å². The second-order valence-electron chi connectivity index (χ2n) is 27.0. The second-order valence-corrected chi connectivity index (χ2v) is 27.0. The van der Waals surface area contributed by atoms with Crippen molar-refractivity contribution in [3.05, 3.63) is 138 Å². The molecule has 2 unspecified atom stereocenters. The number of aliphatic hydroxyl groups is 2. The Morgan fingerprint density at radius 2 is 0.866 bits per heavy atom. The van der Waals surface area contributed by atoms with Crippen molar-refractivity contribution in [3.63, 3.8) is 0 Å². The molecule has 2 fully saturated rings. The predicted molar refractivity (Wildman–Crippen MR) is 272 cm³/mol. The molecule has 67 heavy (non-hydrogen) atoms. The molecule has 2 saturated heterocycles. The van der Waals surface area contributed by atoms with E-state index in [2.05, 4.69) is 173 Å². The van der Waals surface area contributed by atoms with Crippen LogP contribution in [0.25, 0.3) is 0 Å². The van der Waals surface area contributed by atoms with Crippen LogP contribution in [0.4, 0.5) is 0 Å². The van der Waals surface area contributed by atoms with Crippen LogP contribution in [0, 0.1) is 43.9 Å². The molecule has 4 aromatic carbocycles. The highest BCUT2D eigenvalue weighted by molar-refractivity contribution is 5.65. The van der Waals surface area contributed by atoms with Crippen molar-refractivity contribution in [2.45, 2.75) is 197 Å². The van der Waals surface area contributed by atoms with Crippen molar-refractivity contribution in [1.29, 1.82) is 0 Å². The molecule has 0 amide bonds. The number of aryl methyl sites for hydroxylation is 4. The standard InChI is InChI=1S/C61H84O6/c1-35-21-39-29-42-24-38(4)28-46(56(14,15)16)50(42)61(58(19,20)32-63)66-51(47(39)43(25-35)53(5,6)7)59(33-64-52(65-34-59)57(17,18)31-62)60(67-61)48-40(22-36(2)26-44(48)54(8,9)10)30-41-23-37(3)27-45(49(41)60)55(11,12)13/h21-28,51-52,62-63H,29-34H2,1-20H3. The average Bonchev–Trinajstić information content (AvgIpc) is 3.19. The SMILES string of the molecule is Cc1cc2c(c(C(C)(C)C)c1)C1OC(C(C)(C)CO)(OC3(c4c(cc(C)cc4C(C)(C)C)Cc4cc(C)cc(C(C)(C)C)c43)C13COC(C(C)(C)CO)OC3)c1c(cc(C)cc1C(C)(C)C)C2. The van der Waals surface area contributed by atoms with E-state index in [-0.39, 0.29) is 48.1 Å². The first kappa shape index (κ1) is 50.0. The van der Waals surface area contributed by atoms with Crippen LogP contribution in [0.15, 0.2) is 48.5 Å². The van der Waals surface area contributed by atoms with E-state index < -0.39 is 40.0 Å². The molecule has 4 aromatic rings. The molecule has 2 N–H and O–H groups in total. The monoisotopic (exact) mass is 913 g/mol. The van der Waals surface area contributed by atoms with Gasteiger partial charge in [-0.2, -0.15) is 0 Å². The molecule has 1 aliphatic carbocycles. The molecular formula is C61H84O6. The van der Waals surface area contributed by atoms with Crippen LogP contribution in [-0.2, 0) is 64.8 Å². The Balaban J connectivity index is 1.73. The first-order valence-electron chi connectivity index (χ1n) is 25.1. The number of hydrogen-bond acceptors (Lipinski definition) is 6. The fraction of sp³-hybridized carbons (Fsp3) is 0.607. The van der Waals surface area contributed by atoms with E-state index in [9.17, 15) is 10.2 Å². The lowest BCUT2D eigenvalue weighted by molar-refractivity contribution is -0.464. The summed E-state index contributed by atoms with van der Waals surface area (Å²) in [6.07, 6.45) is 0.0215. The summed E-state index contributed by atoms with van der Waals surface area (Å²) in [6.45, 7) is 45.2. The summed E-state index contributed by atoms with van der Waals surface area (Å²) < 4.78 is 32.1. The maximum Gasteiger partial charge on any atom is 0.204 e. The van der Waals surface area contributed by atoms with Crippen LogP contribution >= 0.6 is 0 Å². The fourth-order valence-corrected chi connectivity index (χ4v) is 12.5. The van der Waals surface area contributed by atoms with Gasteiger partial charge in [-0.1, -0.05) is 182 Å². The van der Waals surface area contributed by atoms with Crippen molar-refractivity contribution in [1.82, 2.24) is 0 Å². The molecule has 2 atom stereocenters. The van der Waals surface area contributed by atoms with E-state index in [4.69, 9.17) is 18.9 Å². The lowest BCUT2D eigenvalue weighted by Crippen LogP contribution is -2.72. The molecule has 0 saturated carbocycles. The third-order valence-corrected chi connectivity index (χ3v) is 15.9. The van der Waals surface area contributed by atoms with Gasteiger partial charge in [0.1, 0.15) is 11.7 Å². The molecule has 4 aliphatic rings. The molecule has 3 aliphatic heterocycles. The summed E-state index contributed by atoms with van der Waals surface area (Å²) in [4.78, 5) is 0. The van der Waals surface area contributed by atoms with Gasteiger partial charge in [0.25, 0.3) is 0 Å². The summed E-state index contributed by atoms with van der Waals surface area (Å²) in [6, 6.07) is 19.1. The second kappa shape index (κ2) is 15.8. The summed E-state index contributed by atoms with van der Waals surface area (Å²) in [5.41, 5.74) is 13.6. The van der Waals surface area contributed by atoms with Crippen molar-refractivity contribution in [3.8, 4) is 0 Å². The Hall–Kier alpha value is -3.36. The zero-order chi connectivity index (χ0) is 49.6. The Morgan fingerprint density at radius 1 is 0.493 bits per heavy atom. The normalized spacial score (nSPS) is 24.1. The highest BCUT2D eigenvalue weighted by atomic mass is 16.7. The van der Waals surface area contributed by atoms with Gasteiger partial charge >= 0.3 is 0 Å². The minimum atomic E-state index is -1.53. The molecule has 0 aromatic heterocycles. The quantitative estimate of drug-likeness (QED) is 0.212. The van der Waals surface area contributed by atoms with E-state index in [0.29, 0.717) is 6.42 Å². The number of aliphatic hydroxyl groups excluding tert-OH is 2. The van der Waals surface area contributed by atoms with Gasteiger partial charge in [0.05, 0.1) is 31.8 Å². The van der Waals surface area contributed by atoms with Gasteiger partial charge < -0.3 is 29.2 Å². The first-order valence-corrected chi connectivity index (χ1v) is 25.1. The molecule has 6 heteroatoms. The summed E-state index contributed by atoms with van der Waals surface area (Å²) in [5, 5.41) is 23.1. The maximum absolute atomic E-state index is 12.2. The van der Waals surface area contributed by atoms with Gasteiger partial charge in [-0.3, -0.25) is 0 Å². The maximum atomic E-state index is 12.2. The number of ether oxygens (including phenoxy) is 4. The number of rotatable bonds is 4. The Labute approximate surface area is 404 Å². The average molecular weight is 913 g/mol. The highest BCUT2D eigenvalue weighted by Gasteiger charge is 2.75. The summed E-state index contributed by atoms with van der Waals surface area (Å²) >= 11 is 0. The van der Waals surface area contributed by atoms with Gasteiger partial charge in [-0.25, -0.2) is 0 Å². The van der Waals surface area contributed by atoms with Crippen LogP contribution in [0.1, 0.15) is 206 Å². The van der Waals surface area contributed by atoms with Crippen LogP contribution in [0.5, 0.6) is 0 Å². The zero-order valence-corrected chi connectivity index (χ0v) is 45.0. The van der Waals surface area contributed by atoms with Crippen molar-refractivity contribution < 1.29 is 29.2 Å². The van der Waals surface area contributed by atoms with E-state index >= 15 is 0 Å². The lowest BCUT2D eigenvalue weighted by Gasteiger charge is -2.68. The number of fused-ring (bicyclic) bond motifs is 12. The lowest BCUT2D eigenvalue weighted by atomic mass is 9.51. The molecule has 0 radical (unpaired) electrons. The van der Waals surface area contributed by atoms with Crippen molar-refractivity contribution in [2.75, 3.05) is 26.4 Å². The smallest absolute Gasteiger partial charge is 0.204 e. The van der Waals surface area contributed by atoms with Gasteiger partial charge in [0.2, 0.25) is 5.79 Å².